The van der Waals surface area contributed by atoms with Gasteiger partial charge in [-0.05, 0) is 19.1 Å². The van der Waals surface area contributed by atoms with Crippen molar-refractivity contribution in [3.8, 4) is 11.3 Å². The van der Waals surface area contributed by atoms with Gasteiger partial charge in [-0.2, -0.15) is 5.10 Å². The van der Waals surface area contributed by atoms with Gasteiger partial charge in [-0.15, -0.1) is 11.3 Å². The van der Waals surface area contributed by atoms with E-state index in [-0.39, 0.29) is 22.3 Å². The van der Waals surface area contributed by atoms with Gasteiger partial charge in [0.25, 0.3) is 5.91 Å². The SMILES string of the molecule is CCn1cc(C(=O)Nc2nc(-c3c(F)cccc3F)cs2)cn1. The molecule has 1 N–H and O–H groups in total. The molecule has 1 aromatic carbocycles. The van der Waals surface area contributed by atoms with E-state index in [1.54, 1.807) is 10.9 Å². The number of benzene rings is 1. The Morgan fingerprint density at radius 3 is 2.74 bits per heavy atom. The number of carbonyl (C=O) groups is 1. The average Bonchev–Trinajstić information content (AvgIpc) is 3.16. The van der Waals surface area contributed by atoms with Gasteiger partial charge in [-0.3, -0.25) is 14.8 Å². The highest BCUT2D eigenvalue weighted by Gasteiger charge is 2.16. The summed E-state index contributed by atoms with van der Waals surface area (Å²) in [6.07, 6.45) is 3.06. The van der Waals surface area contributed by atoms with E-state index in [4.69, 9.17) is 0 Å². The normalized spacial score (nSPS) is 10.7. The third kappa shape index (κ3) is 3.11. The highest BCUT2D eigenvalue weighted by Crippen LogP contribution is 2.29. The van der Waals surface area contributed by atoms with E-state index in [9.17, 15) is 13.6 Å². The first-order valence-electron chi connectivity index (χ1n) is 6.82. The van der Waals surface area contributed by atoms with Gasteiger partial charge >= 0.3 is 0 Å². The number of aromatic nitrogens is 3. The summed E-state index contributed by atoms with van der Waals surface area (Å²) in [5.74, 6) is -1.77. The highest BCUT2D eigenvalue weighted by atomic mass is 32.1. The van der Waals surface area contributed by atoms with Crippen LogP contribution < -0.4 is 5.32 Å². The lowest BCUT2D eigenvalue weighted by atomic mass is 10.1. The minimum atomic E-state index is -0.697. The first-order valence-corrected chi connectivity index (χ1v) is 7.70. The van der Waals surface area contributed by atoms with Crippen LogP contribution in [-0.4, -0.2) is 20.7 Å². The number of rotatable bonds is 4. The topological polar surface area (TPSA) is 59.8 Å². The van der Waals surface area contributed by atoms with Gasteiger partial charge in [0.1, 0.15) is 11.6 Å². The van der Waals surface area contributed by atoms with Crippen molar-refractivity contribution in [2.45, 2.75) is 13.5 Å². The fraction of sp³-hybridized carbons (Fsp3) is 0.133. The van der Waals surface area contributed by atoms with Crippen LogP contribution in [0.1, 0.15) is 17.3 Å². The molecule has 0 saturated heterocycles. The fourth-order valence-corrected chi connectivity index (χ4v) is 2.71. The Kier molecular flexibility index (Phi) is 4.16. The standard InChI is InChI=1S/C15H12F2N4OS/c1-2-21-7-9(6-18-21)14(22)20-15-19-12(8-23-15)13-10(16)4-3-5-11(13)17/h3-8H,2H2,1H3,(H,19,20,22). The Bertz CT molecular complexity index is 839. The molecule has 2 aromatic heterocycles. The van der Waals surface area contributed by atoms with Crippen LogP contribution in [0.25, 0.3) is 11.3 Å². The predicted octanol–water partition coefficient (Wildman–Crippen LogP) is 3.56. The van der Waals surface area contributed by atoms with E-state index in [2.05, 4.69) is 15.4 Å². The van der Waals surface area contributed by atoms with E-state index in [1.165, 1.54) is 17.6 Å². The van der Waals surface area contributed by atoms with Gasteiger partial charge in [-0.1, -0.05) is 6.07 Å². The summed E-state index contributed by atoms with van der Waals surface area (Å²) in [4.78, 5) is 16.2. The van der Waals surface area contributed by atoms with Crippen molar-refractivity contribution < 1.29 is 13.6 Å². The van der Waals surface area contributed by atoms with Crippen LogP contribution in [0.15, 0.2) is 36.0 Å². The summed E-state index contributed by atoms with van der Waals surface area (Å²) < 4.78 is 29.1. The van der Waals surface area contributed by atoms with E-state index >= 15 is 0 Å². The molecule has 0 aliphatic rings. The molecule has 3 rings (SSSR count). The van der Waals surface area contributed by atoms with Gasteiger partial charge < -0.3 is 0 Å². The summed E-state index contributed by atoms with van der Waals surface area (Å²) in [5.41, 5.74) is 0.328. The molecule has 0 fully saturated rings. The lowest BCUT2D eigenvalue weighted by Crippen LogP contribution is -2.10. The molecule has 5 nitrogen and oxygen atoms in total. The van der Waals surface area contributed by atoms with Crippen LogP contribution in [0.4, 0.5) is 13.9 Å². The van der Waals surface area contributed by atoms with Crippen LogP contribution in [0.3, 0.4) is 0 Å². The Labute approximate surface area is 134 Å². The Morgan fingerprint density at radius 1 is 1.35 bits per heavy atom. The zero-order valence-corrected chi connectivity index (χ0v) is 12.9. The Hall–Kier alpha value is -2.61. The number of aryl methyl sites for hydroxylation is 1. The molecule has 2 heterocycles. The van der Waals surface area contributed by atoms with Crippen LogP contribution >= 0.6 is 11.3 Å². The fourth-order valence-electron chi connectivity index (χ4n) is 2.01. The molecule has 0 unspecified atom stereocenters. The van der Waals surface area contributed by atoms with Crippen LogP contribution in [0.5, 0.6) is 0 Å². The van der Waals surface area contributed by atoms with Gasteiger partial charge in [0.15, 0.2) is 5.13 Å². The van der Waals surface area contributed by atoms with Crippen molar-refractivity contribution in [1.29, 1.82) is 0 Å². The Morgan fingerprint density at radius 2 is 2.09 bits per heavy atom. The van der Waals surface area contributed by atoms with E-state index in [0.717, 1.165) is 23.5 Å². The summed E-state index contributed by atoms with van der Waals surface area (Å²) >= 11 is 1.09. The smallest absolute Gasteiger partial charge is 0.260 e. The monoisotopic (exact) mass is 334 g/mol. The molecule has 0 aliphatic heterocycles. The number of nitrogens with one attached hydrogen (secondary N) is 1. The molecule has 1 amide bonds. The number of nitrogens with zero attached hydrogens (tertiary/aromatic N) is 3. The number of thiazole rings is 1. The molecular formula is C15H12F2N4OS. The van der Waals surface area contributed by atoms with Gasteiger partial charge in [0.2, 0.25) is 0 Å². The zero-order valence-electron chi connectivity index (χ0n) is 12.1. The number of anilines is 1. The molecule has 0 bridgehead atoms. The van der Waals surface area contributed by atoms with Gasteiger partial charge in [0, 0.05) is 18.1 Å². The van der Waals surface area contributed by atoms with Crippen molar-refractivity contribution in [2.75, 3.05) is 5.32 Å². The minimum absolute atomic E-state index is 0.144. The van der Waals surface area contributed by atoms with Crippen molar-refractivity contribution in [3.05, 3.63) is 53.2 Å². The molecule has 0 aliphatic carbocycles. The molecule has 23 heavy (non-hydrogen) atoms. The lowest BCUT2D eigenvalue weighted by Gasteiger charge is -2.01. The second-order valence-electron chi connectivity index (χ2n) is 4.67. The van der Waals surface area contributed by atoms with Gasteiger partial charge in [0.05, 0.1) is 23.0 Å². The van der Waals surface area contributed by atoms with Crippen molar-refractivity contribution in [2.24, 2.45) is 0 Å². The quantitative estimate of drug-likeness (QED) is 0.794. The van der Waals surface area contributed by atoms with Crippen LogP contribution in [-0.2, 0) is 6.54 Å². The van der Waals surface area contributed by atoms with E-state index in [0.29, 0.717) is 12.1 Å². The number of halogens is 2. The summed E-state index contributed by atoms with van der Waals surface area (Å²) in [6, 6.07) is 3.61. The first kappa shape index (κ1) is 15.3. The number of hydrogen-bond acceptors (Lipinski definition) is 4. The van der Waals surface area contributed by atoms with Crippen molar-refractivity contribution >= 4 is 22.4 Å². The molecule has 0 radical (unpaired) electrons. The van der Waals surface area contributed by atoms with Crippen molar-refractivity contribution in [3.63, 3.8) is 0 Å². The summed E-state index contributed by atoms with van der Waals surface area (Å²) in [7, 11) is 0. The summed E-state index contributed by atoms with van der Waals surface area (Å²) in [6.45, 7) is 2.56. The minimum Gasteiger partial charge on any atom is -0.298 e. The molecule has 0 saturated carbocycles. The molecule has 118 valence electrons. The molecule has 0 atom stereocenters. The predicted molar refractivity (Wildman–Crippen MR) is 83.3 cm³/mol. The van der Waals surface area contributed by atoms with E-state index in [1.807, 2.05) is 6.92 Å². The highest BCUT2D eigenvalue weighted by molar-refractivity contribution is 7.14. The average molecular weight is 334 g/mol. The van der Waals surface area contributed by atoms with Crippen molar-refractivity contribution in [1.82, 2.24) is 14.8 Å². The van der Waals surface area contributed by atoms with Gasteiger partial charge in [-0.25, -0.2) is 13.8 Å². The third-order valence-corrected chi connectivity index (χ3v) is 3.92. The molecule has 3 aromatic rings. The summed E-state index contributed by atoms with van der Waals surface area (Å²) in [5, 5.41) is 8.36. The third-order valence-electron chi connectivity index (χ3n) is 3.16. The number of amides is 1. The molecule has 8 heteroatoms. The molecular weight excluding hydrogens is 322 g/mol. The number of hydrogen-bond donors (Lipinski definition) is 1. The molecule has 0 spiro atoms. The maximum atomic E-state index is 13.7. The van der Waals surface area contributed by atoms with E-state index < -0.39 is 11.6 Å². The van der Waals surface area contributed by atoms with Crippen LogP contribution in [0, 0.1) is 11.6 Å². The second-order valence-corrected chi connectivity index (χ2v) is 5.53. The lowest BCUT2D eigenvalue weighted by molar-refractivity contribution is 0.102. The maximum Gasteiger partial charge on any atom is 0.260 e. The largest absolute Gasteiger partial charge is 0.298 e. The zero-order chi connectivity index (χ0) is 16.4. The number of carbonyl (C=O) groups excluding carboxylic acids is 1. The van der Waals surface area contributed by atoms with Crippen LogP contribution in [0.2, 0.25) is 0 Å². The Balaban J connectivity index is 1.81. The maximum absolute atomic E-state index is 13.7. The second kappa shape index (κ2) is 6.25. The first-order chi connectivity index (χ1) is 11.1.